The van der Waals surface area contributed by atoms with Gasteiger partial charge in [0.2, 0.25) is 0 Å². The van der Waals surface area contributed by atoms with Crippen molar-refractivity contribution in [3.8, 4) is 0 Å². The van der Waals surface area contributed by atoms with Crippen LogP contribution in [-0.2, 0) is 40.1 Å². The van der Waals surface area contributed by atoms with Crippen molar-refractivity contribution < 1.29 is 33.7 Å². The van der Waals surface area contributed by atoms with Gasteiger partial charge in [-0.05, 0) is 87.4 Å². The molecule has 6 rings (SSSR count). The van der Waals surface area contributed by atoms with Crippen LogP contribution in [0.3, 0.4) is 0 Å². The van der Waals surface area contributed by atoms with E-state index >= 15 is 33.7 Å². The highest BCUT2D eigenvalue weighted by atomic mass is 32.3. The van der Waals surface area contributed by atoms with Gasteiger partial charge in [-0.1, -0.05) is 139 Å². The maximum Gasteiger partial charge on any atom is 0.257 e. The van der Waals surface area contributed by atoms with Crippen molar-refractivity contribution in [1.29, 1.82) is 0 Å². The third-order valence-corrected chi connectivity index (χ3v) is 17.9. The van der Waals surface area contributed by atoms with Crippen LogP contribution in [0.2, 0.25) is 0 Å². The Morgan fingerprint density at radius 3 is 0.696 bits per heavy atom. The van der Waals surface area contributed by atoms with Gasteiger partial charge in [0, 0.05) is 0 Å². The minimum absolute atomic E-state index is 0.00376. The van der Waals surface area contributed by atoms with Gasteiger partial charge in [-0.2, -0.15) is 0 Å². The predicted molar refractivity (Wildman–Crippen MR) is 216 cm³/mol. The third-order valence-electron chi connectivity index (χ3n) is 9.26. The molecule has 0 unspecified atom stereocenters. The van der Waals surface area contributed by atoms with Gasteiger partial charge in [-0.25, -0.2) is 33.7 Å². The normalized spacial score (nSPS) is 13.8. The first-order chi connectivity index (χ1) is 26.5. The minimum atomic E-state index is -5.17. The molecule has 0 fully saturated rings. The lowest BCUT2D eigenvalue weighted by Crippen LogP contribution is -2.49. The van der Waals surface area contributed by atoms with Crippen LogP contribution in [0, 0.1) is 27.7 Å². The van der Waals surface area contributed by atoms with Gasteiger partial charge in [-0.15, -0.1) is 0 Å². The van der Waals surface area contributed by atoms with E-state index in [1.165, 1.54) is 146 Å². The maximum atomic E-state index is 15.2. The topological polar surface area (TPSA) is 143 Å². The number of benzene rings is 6. The van der Waals surface area contributed by atoms with E-state index in [2.05, 4.69) is 0 Å². The highest BCUT2D eigenvalue weighted by Gasteiger charge is 2.53. The zero-order valence-corrected chi connectivity index (χ0v) is 34.2. The second-order valence-corrected chi connectivity index (χ2v) is 21.2. The first-order valence-electron chi connectivity index (χ1n) is 17.4. The average molecular weight is 829 g/mol. The Balaban J connectivity index is 1.80. The summed E-state index contributed by atoms with van der Waals surface area (Å²) in [7, 11) is -20.7. The van der Waals surface area contributed by atoms with Crippen LogP contribution in [-0.4, -0.2) is 41.1 Å². The van der Waals surface area contributed by atoms with Crippen LogP contribution in [0.1, 0.15) is 45.5 Å². The van der Waals surface area contributed by atoms with E-state index in [0.717, 1.165) is 0 Å². The van der Waals surface area contributed by atoms with E-state index in [-0.39, 0.29) is 18.5 Å². The van der Waals surface area contributed by atoms with E-state index in [4.69, 9.17) is 0 Å². The molecule has 0 aromatic heterocycles. The zero-order valence-electron chi connectivity index (χ0n) is 31.0. The zero-order chi connectivity index (χ0) is 40.5. The number of hydrogen-bond donors (Lipinski definition) is 0. The fraction of sp³-hybridized carbons (Fsp3) is 0.143. The van der Waals surface area contributed by atoms with E-state index in [0.29, 0.717) is 22.3 Å². The summed E-state index contributed by atoms with van der Waals surface area (Å²) in [6.45, 7) is 6.94. The monoisotopic (exact) mass is 828 g/mol. The molecular weight excluding hydrogens is 789 g/mol. The van der Waals surface area contributed by atoms with Crippen molar-refractivity contribution in [3.05, 3.63) is 191 Å². The van der Waals surface area contributed by atoms with Crippen molar-refractivity contribution in [2.75, 3.05) is 0 Å². The van der Waals surface area contributed by atoms with Crippen molar-refractivity contribution in [2.24, 2.45) is 0 Å². The molecule has 2 atom stereocenters. The van der Waals surface area contributed by atoms with E-state index < -0.39 is 71.8 Å². The lowest BCUT2D eigenvalue weighted by atomic mass is 9.95. The first kappa shape index (κ1) is 40.7. The first-order valence-corrected chi connectivity index (χ1v) is 23.2. The Labute approximate surface area is 329 Å². The lowest BCUT2D eigenvalue weighted by molar-refractivity contribution is 0.300. The van der Waals surface area contributed by atoms with Gasteiger partial charge in [0.1, 0.15) is 0 Å². The molecule has 6 aromatic carbocycles. The number of sulfonamides is 4. The van der Waals surface area contributed by atoms with E-state index in [9.17, 15) is 0 Å². The molecule has 6 aromatic rings. The lowest BCUT2D eigenvalue weighted by Gasteiger charge is -2.40. The SMILES string of the molecule is Cc1ccc(S(=O)(=O)N([C@H](c2ccccc2)[C@H](c2ccccc2)N(S(=O)(=O)c2ccc(C)cc2)S(=O)(=O)c2ccc(C)cc2)S(=O)(=O)c2ccc(C)cc2)cc1. The van der Waals surface area contributed by atoms with Gasteiger partial charge in [0.05, 0.1) is 31.7 Å². The Morgan fingerprint density at radius 1 is 0.304 bits per heavy atom. The van der Waals surface area contributed by atoms with Gasteiger partial charge >= 0.3 is 0 Å². The summed E-state index contributed by atoms with van der Waals surface area (Å²) in [5, 5.41) is 0. The Bertz CT molecular complexity index is 2420. The summed E-state index contributed by atoms with van der Waals surface area (Å²) >= 11 is 0. The van der Waals surface area contributed by atoms with Crippen molar-refractivity contribution in [2.45, 2.75) is 59.4 Å². The van der Waals surface area contributed by atoms with Crippen LogP contribution < -0.4 is 0 Å². The molecule has 0 saturated carbocycles. The minimum Gasteiger partial charge on any atom is -0.206 e. The molecule has 0 spiro atoms. The molecule has 0 aliphatic carbocycles. The number of aryl methyl sites for hydroxylation is 4. The van der Waals surface area contributed by atoms with Crippen molar-refractivity contribution in [1.82, 2.24) is 7.42 Å². The molecule has 14 heteroatoms. The summed E-state index contributed by atoms with van der Waals surface area (Å²) in [6, 6.07) is 33.1. The Morgan fingerprint density at radius 2 is 0.500 bits per heavy atom. The van der Waals surface area contributed by atoms with Crippen LogP contribution in [0.15, 0.2) is 177 Å². The summed E-state index contributed by atoms with van der Waals surface area (Å²) in [6.07, 6.45) is 0. The molecule has 0 amide bonds. The largest absolute Gasteiger partial charge is 0.257 e. The Hall–Kier alpha value is -4.96. The predicted octanol–water partition coefficient (Wildman–Crippen LogP) is 7.86. The molecule has 56 heavy (non-hydrogen) atoms. The van der Waals surface area contributed by atoms with Gasteiger partial charge in [-0.3, -0.25) is 0 Å². The Kier molecular flexibility index (Phi) is 11.5. The van der Waals surface area contributed by atoms with Crippen LogP contribution in [0.4, 0.5) is 0 Å². The molecule has 0 heterocycles. The summed E-state index contributed by atoms with van der Waals surface area (Å²) in [5.41, 5.74) is 2.76. The number of hydrogen-bond acceptors (Lipinski definition) is 8. The van der Waals surface area contributed by atoms with Crippen LogP contribution >= 0.6 is 0 Å². The van der Waals surface area contributed by atoms with Crippen molar-refractivity contribution >= 4 is 40.1 Å². The molecule has 0 radical (unpaired) electrons. The second kappa shape index (κ2) is 15.9. The summed E-state index contributed by atoms with van der Waals surface area (Å²) in [4.78, 5) is -1.66. The van der Waals surface area contributed by atoms with E-state index in [1.807, 2.05) is 0 Å². The molecule has 0 aliphatic rings. The number of nitrogens with zero attached hydrogens (tertiary/aromatic N) is 2. The fourth-order valence-corrected chi connectivity index (χ4v) is 14.2. The third kappa shape index (κ3) is 7.99. The summed E-state index contributed by atoms with van der Waals surface area (Å²) in [5.74, 6) is 0. The highest BCUT2D eigenvalue weighted by molar-refractivity contribution is 8.04. The molecule has 290 valence electrons. The molecule has 10 nitrogen and oxygen atoms in total. The second-order valence-electron chi connectivity index (χ2n) is 13.4. The molecular formula is C42H40N2O8S4. The van der Waals surface area contributed by atoms with E-state index in [1.54, 1.807) is 39.8 Å². The van der Waals surface area contributed by atoms with Crippen molar-refractivity contribution in [3.63, 3.8) is 0 Å². The maximum absolute atomic E-state index is 15.2. The highest BCUT2D eigenvalue weighted by Crippen LogP contribution is 2.48. The molecule has 0 saturated heterocycles. The van der Waals surface area contributed by atoms with Gasteiger partial charge in [0.15, 0.2) is 0 Å². The fourth-order valence-electron chi connectivity index (χ4n) is 6.25. The quantitative estimate of drug-likeness (QED) is 0.115. The summed E-state index contributed by atoms with van der Waals surface area (Å²) < 4.78 is 123. The van der Waals surface area contributed by atoms with Gasteiger partial charge < -0.3 is 0 Å². The molecule has 0 bridgehead atoms. The van der Waals surface area contributed by atoms with Gasteiger partial charge in [0.25, 0.3) is 40.1 Å². The smallest absolute Gasteiger partial charge is 0.206 e. The standard InChI is InChI=1S/C42H40N2O8S4/c1-31-15-23-37(24-16-31)53(45,46)43(54(47,48)38-25-17-32(2)18-26-38)41(35-11-7-5-8-12-35)42(36-13-9-6-10-14-36)44(55(49,50)39-27-19-33(3)20-28-39)56(51,52)40-29-21-34(4)22-30-40/h5-30,41-42H,1-4H3/t41-,42+. The van der Waals surface area contributed by atoms with Crippen LogP contribution in [0.25, 0.3) is 0 Å². The van der Waals surface area contributed by atoms with Crippen LogP contribution in [0.5, 0.6) is 0 Å². The average Bonchev–Trinajstić information content (AvgIpc) is 3.17. The molecule has 0 N–H and O–H groups in total. The number of rotatable bonds is 13. The molecule has 0 aliphatic heterocycles.